The van der Waals surface area contributed by atoms with Gasteiger partial charge in [0.2, 0.25) is 0 Å². The van der Waals surface area contributed by atoms with Crippen molar-refractivity contribution in [3.63, 3.8) is 0 Å². The molecular formula is C11H17N5O3. The third-order valence-corrected chi connectivity index (χ3v) is 2.51. The summed E-state index contributed by atoms with van der Waals surface area (Å²) in [6.07, 6.45) is 2.31. The van der Waals surface area contributed by atoms with Crippen molar-refractivity contribution in [1.82, 2.24) is 19.6 Å². The SMILES string of the molecule is COCCOCCCNc1cc2n[nH]c(=O)n2cn1. The van der Waals surface area contributed by atoms with Gasteiger partial charge >= 0.3 is 5.69 Å². The molecule has 0 spiro atoms. The Labute approximate surface area is 109 Å². The van der Waals surface area contributed by atoms with Crippen LogP contribution in [0.2, 0.25) is 0 Å². The molecule has 0 radical (unpaired) electrons. The molecule has 8 heteroatoms. The Bertz CT molecular complexity index is 565. The van der Waals surface area contributed by atoms with E-state index in [0.717, 1.165) is 13.0 Å². The van der Waals surface area contributed by atoms with E-state index in [9.17, 15) is 4.79 Å². The first kappa shape index (κ1) is 13.5. The minimum atomic E-state index is -0.291. The molecule has 104 valence electrons. The molecule has 0 saturated heterocycles. The van der Waals surface area contributed by atoms with Gasteiger partial charge in [0.25, 0.3) is 0 Å². The number of H-pyrrole nitrogens is 1. The predicted molar refractivity (Wildman–Crippen MR) is 69.4 cm³/mol. The molecule has 0 aliphatic rings. The quantitative estimate of drug-likeness (QED) is 0.648. The third-order valence-electron chi connectivity index (χ3n) is 2.51. The maximum absolute atomic E-state index is 11.2. The van der Waals surface area contributed by atoms with E-state index in [1.807, 2.05) is 0 Å². The highest BCUT2D eigenvalue weighted by atomic mass is 16.5. The number of methoxy groups -OCH3 is 1. The number of nitrogens with one attached hydrogen (secondary N) is 2. The van der Waals surface area contributed by atoms with Crippen LogP contribution < -0.4 is 11.0 Å². The monoisotopic (exact) mass is 267 g/mol. The van der Waals surface area contributed by atoms with Crippen molar-refractivity contribution in [1.29, 1.82) is 0 Å². The normalized spacial score (nSPS) is 11.0. The molecule has 19 heavy (non-hydrogen) atoms. The number of fused-ring (bicyclic) bond motifs is 1. The van der Waals surface area contributed by atoms with Crippen LogP contribution in [-0.2, 0) is 9.47 Å². The third kappa shape index (κ3) is 3.76. The molecule has 2 heterocycles. The second-order valence-electron chi connectivity index (χ2n) is 3.92. The average molecular weight is 267 g/mol. The average Bonchev–Trinajstić information content (AvgIpc) is 2.79. The number of rotatable bonds is 8. The maximum atomic E-state index is 11.2. The second kappa shape index (κ2) is 6.86. The van der Waals surface area contributed by atoms with Crippen LogP contribution in [0, 0.1) is 0 Å². The summed E-state index contributed by atoms with van der Waals surface area (Å²) < 4.78 is 11.6. The number of ether oxygens (including phenoxy) is 2. The van der Waals surface area contributed by atoms with Gasteiger partial charge in [0.1, 0.15) is 12.1 Å². The molecule has 0 saturated carbocycles. The van der Waals surface area contributed by atoms with Gasteiger partial charge in [-0.25, -0.2) is 19.3 Å². The highest BCUT2D eigenvalue weighted by Gasteiger charge is 2.01. The highest BCUT2D eigenvalue weighted by molar-refractivity contribution is 5.48. The summed E-state index contributed by atoms with van der Waals surface area (Å²) in [5.41, 5.74) is 0.249. The smallest absolute Gasteiger partial charge is 0.348 e. The fourth-order valence-electron chi connectivity index (χ4n) is 1.54. The van der Waals surface area contributed by atoms with Gasteiger partial charge in [0.15, 0.2) is 5.65 Å². The van der Waals surface area contributed by atoms with Crippen molar-refractivity contribution in [2.24, 2.45) is 0 Å². The summed E-state index contributed by atoms with van der Waals surface area (Å²) >= 11 is 0. The lowest BCUT2D eigenvalue weighted by Gasteiger charge is -2.06. The largest absolute Gasteiger partial charge is 0.382 e. The van der Waals surface area contributed by atoms with Crippen molar-refractivity contribution in [2.45, 2.75) is 6.42 Å². The zero-order valence-corrected chi connectivity index (χ0v) is 10.8. The lowest BCUT2D eigenvalue weighted by Crippen LogP contribution is -2.11. The Hall–Kier alpha value is -1.93. The Kier molecular flexibility index (Phi) is 4.87. The van der Waals surface area contributed by atoms with Crippen LogP contribution >= 0.6 is 0 Å². The maximum Gasteiger partial charge on any atom is 0.348 e. The van der Waals surface area contributed by atoms with Crippen LogP contribution in [0.1, 0.15) is 6.42 Å². The molecule has 0 unspecified atom stereocenters. The van der Waals surface area contributed by atoms with Crippen molar-refractivity contribution >= 4 is 11.5 Å². The number of nitrogens with zero attached hydrogens (tertiary/aromatic N) is 3. The summed E-state index contributed by atoms with van der Waals surface area (Å²) in [4.78, 5) is 15.4. The summed E-state index contributed by atoms with van der Waals surface area (Å²) in [6, 6.07) is 1.71. The Morgan fingerprint density at radius 3 is 3.16 bits per heavy atom. The molecule has 2 aromatic heterocycles. The molecule has 2 N–H and O–H groups in total. The van der Waals surface area contributed by atoms with Gasteiger partial charge in [-0.1, -0.05) is 0 Å². The zero-order valence-electron chi connectivity index (χ0n) is 10.8. The van der Waals surface area contributed by atoms with E-state index >= 15 is 0 Å². The fourth-order valence-corrected chi connectivity index (χ4v) is 1.54. The van der Waals surface area contributed by atoms with Crippen molar-refractivity contribution < 1.29 is 9.47 Å². The summed E-state index contributed by atoms with van der Waals surface area (Å²) in [7, 11) is 1.65. The number of aromatic nitrogens is 4. The van der Waals surface area contributed by atoms with Crippen LogP contribution in [0.25, 0.3) is 5.65 Å². The molecule has 0 aromatic carbocycles. The van der Waals surface area contributed by atoms with E-state index in [4.69, 9.17) is 9.47 Å². The van der Waals surface area contributed by atoms with Crippen molar-refractivity contribution in [3.8, 4) is 0 Å². The molecule has 8 nitrogen and oxygen atoms in total. The molecule has 2 aromatic rings. The molecule has 0 bridgehead atoms. The fraction of sp³-hybridized carbons (Fsp3) is 0.545. The molecular weight excluding hydrogens is 250 g/mol. The first-order valence-corrected chi connectivity index (χ1v) is 6.04. The zero-order chi connectivity index (χ0) is 13.5. The minimum absolute atomic E-state index is 0.291. The summed E-state index contributed by atoms with van der Waals surface area (Å²) in [6.45, 7) is 2.63. The van der Waals surface area contributed by atoms with Gasteiger partial charge in [0, 0.05) is 26.3 Å². The van der Waals surface area contributed by atoms with Gasteiger partial charge in [0.05, 0.1) is 13.2 Å². The van der Waals surface area contributed by atoms with Gasteiger partial charge < -0.3 is 14.8 Å². The molecule has 0 amide bonds. The molecule has 0 aliphatic carbocycles. The van der Waals surface area contributed by atoms with E-state index in [2.05, 4.69) is 20.5 Å². The van der Waals surface area contributed by atoms with Crippen LogP contribution in [-0.4, -0.2) is 53.1 Å². The molecule has 0 fully saturated rings. The molecule has 0 atom stereocenters. The summed E-state index contributed by atoms with van der Waals surface area (Å²) in [5, 5.41) is 9.37. The van der Waals surface area contributed by atoms with Gasteiger partial charge in [-0.3, -0.25) is 0 Å². The first-order valence-electron chi connectivity index (χ1n) is 6.04. The number of anilines is 1. The van der Waals surface area contributed by atoms with E-state index in [1.54, 1.807) is 13.2 Å². The number of aromatic amines is 1. The summed E-state index contributed by atoms with van der Waals surface area (Å²) in [5.74, 6) is 0.684. The first-order chi connectivity index (χ1) is 9.31. The Morgan fingerprint density at radius 1 is 1.42 bits per heavy atom. The van der Waals surface area contributed by atoms with Crippen LogP contribution in [0.5, 0.6) is 0 Å². The standard InChI is InChI=1S/C11H17N5O3/c1-18-5-6-19-4-2-3-12-9-7-10-14-15-11(17)16(10)8-13-9/h7-8,12H,2-6H2,1H3,(H,15,17). The minimum Gasteiger partial charge on any atom is -0.382 e. The number of hydrogen-bond acceptors (Lipinski definition) is 6. The van der Waals surface area contributed by atoms with Gasteiger partial charge in [-0.05, 0) is 6.42 Å². The second-order valence-corrected chi connectivity index (χ2v) is 3.92. The van der Waals surface area contributed by atoms with Crippen LogP contribution in [0.3, 0.4) is 0 Å². The van der Waals surface area contributed by atoms with Crippen LogP contribution in [0.4, 0.5) is 5.82 Å². The molecule has 0 aliphatic heterocycles. The van der Waals surface area contributed by atoms with E-state index in [1.165, 1.54) is 10.7 Å². The van der Waals surface area contributed by atoms with E-state index in [-0.39, 0.29) is 5.69 Å². The Balaban J connectivity index is 1.74. The molecule has 2 rings (SSSR count). The van der Waals surface area contributed by atoms with E-state index < -0.39 is 0 Å². The topological polar surface area (TPSA) is 93.5 Å². The number of hydrogen-bond donors (Lipinski definition) is 2. The highest BCUT2D eigenvalue weighted by Crippen LogP contribution is 2.03. The van der Waals surface area contributed by atoms with Crippen molar-refractivity contribution in [3.05, 3.63) is 22.9 Å². The van der Waals surface area contributed by atoms with Gasteiger partial charge in [-0.2, -0.15) is 5.10 Å². The van der Waals surface area contributed by atoms with Crippen LogP contribution in [0.15, 0.2) is 17.2 Å². The van der Waals surface area contributed by atoms with E-state index in [0.29, 0.717) is 31.3 Å². The predicted octanol–water partition coefficient (Wildman–Crippen LogP) is -0.117. The van der Waals surface area contributed by atoms with Crippen molar-refractivity contribution in [2.75, 3.05) is 38.8 Å². The lowest BCUT2D eigenvalue weighted by molar-refractivity contribution is 0.0705. The lowest BCUT2D eigenvalue weighted by atomic mass is 10.4. The Morgan fingerprint density at radius 2 is 2.32 bits per heavy atom. The van der Waals surface area contributed by atoms with Gasteiger partial charge in [-0.15, -0.1) is 0 Å².